The van der Waals surface area contributed by atoms with E-state index in [0.29, 0.717) is 0 Å². The number of hydrogen-bond acceptors (Lipinski definition) is 3. The molecule has 0 unspecified atom stereocenters. The second-order valence-electron chi connectivity index (χ2n) is 3.64. The zero-order valence-electron chi connectivity index (χ0n) is 9.23. The van der Waals surface area contributed by atoms with Crippen molar-refractivity contribution in [2.45, 2.75) is 32.8 Å². The molecule has 0 saturated heterocycles. The molecule has 2 heterocycles. The molecule has 0 amide bonds. The van der Waals surface area contributed by atoms with Crippen LogP contribution in [0.1, 0.15) is 32.4 Å². The van der Waals surface area contributed by atoms with Crippen molar-refractivity contribution < 1.29 is 4.74 Å². The van der Waals surface area contributed by atoms with Crippen molar-refractivity contribution in [2.24, 2.45) is 4.99 Å². The number of nitrogens with zero attached hydrogens (tertiary/aromatic N) is 2. The quantitative estimate of drug-likeness (QED) is 0.741. The molecule has 80 valence electrons. The Balaban J connectivity index is 2.41. The fourth-order valence-corrected chi connectivity index (χ4v) is 1.70. The van der Waals surface area contributed by atoms with Gasteiger partial charge < -0.3 is 4.74 Å². The first kappa shape index (κ1) is 10.1. The number of aromatic nitrogens is 1. The van der Waals surface area contributed by atoms with Gasteiger partial charge in [0.25, 0.3) is 0 Å². The molecule has 0 radical (unpaired) electrons. The van der Waals surface area contributed by atoms with Gasteiger partial charge >= 0.3 is 0 Å². The number of hydrogen-bond donors (Lipinski definition) is 0. The van der Waals surface area contributed by atoms with Gasteiger partial charge in [-0.15, -0.1) is 0 Å². The maximum absolute atomic E-state index is 5.86. The number of aliphatic imine (C=N–C) groups is 1. The van der Waals surface area contributed by atoms with Gasteiger partial charge in [-0.25, -0.2) is 0 Å². The van der Waals surface area contributed by atoms with E-state index in [1.807, 2.05) is 12.1 Å². The predicted molar refractivity (Wildman–Crippen MR) is 60.6 cm³/mol. The van der Waals surface area contributed by atoms with Crippen LogP contribution in [0, 0.1) is 0 Å². The second kappa shape index (κ2) is 4.43. The Kier molecular flexibility index (Phi) is 2.99. The monoisotopic (exact) mass is 204 g/mol. The molecule has 1 atom stereocenters. The lowest BCUT2D eigenvalue weighted by Crippen LogP contribution is -2.17. The minimum Gasteiger partial charge on any atom is -0.486 e. The molecule has 2 rings (SSSR count). The van der Waals surface area contributed by atoms with Crippen molar-refractivity contribution in [3.63, 3.8) is 0 Å². The van der Waals surface area contributed by atoms with Crippen molar-refractivity contribution >= 4 is 5.71 Å². The van der Waals surface area contributed by atoms with E-state index in [1.165, 1.54) is 0 Å². The fraction of sp³-hybridized carbons (Fsp3) is 0.500. The molecule has 0 aliphatic carbocycles. The lowest BCUT2D eigenvalue weighted by molar-refractivity contribution is 0.207. The summed E-state index contributed by atoms with van der Waals surface area (Å²) < 4.78 is 5.86. The molecule has 1 aliphatic heterocycles. The van der Waals surface area contributed by atoms with Crippen LogP contribution in [0.25, 0.3) is 0 Å². The van der Waals surface area contributed by atoms with Crippen LogP contribution in [-0.4, -0.2) is 23.3 Å². The molecule has 1 aromatic rings. The molecule has 0 aromatic carbocycles. The molecule has 0 saturated carbocycles. The summed E-state index contributed by atoms with van der Waals surface area (Å²) in [5.41, 5.74) is 1.97. The van der Waals surface area contributed by atoms with Gasteiger partial charge in [0.05, 0.1) is 12.3 Å². The Morgan fingerprint density at radius 1 is 1.47 bits per heavy atom. The third kappa shape index (κ3) is 2.01. The van der Waals surface area contributed by atoms with Crippen LogP contribution in [0.2, 0.25) is 0 Å². The molecular weight excluding hydrogens is 188 g/mol. The highest BCUT2D eigenvalue weighted by Crippen LogP contribution is 2.22. The van der Waals surface area contributed by atoms with Crippen LogP contribution in [-0.2, 0) is 0 Å². The van der Waals surface area contributed by atoms with Crippen molar-refractivity contribution in [2.75, 3.05) is 6.54 Å². The summed E-state index contributed by atoms with van der Waals surface area (Å²) in [5.74, 6) is 0.877. The maximum atomic E-state index is 5.86. The van der Waals surface area contributed by atoms with Crippen LogP contribution >= 0.6 is 0 Å². The van der Waals surface area contributed by atoms with Crippen LogP contribution < -0.4 is 4.74 Å². The highest BCUT2D eigenvalue weighted by atomic mass is 16.5. The molecule has 3 heteroatoms. The topological polar surface area (TPSA) is 34.5 Å². The summed E-state index contributed by atoms with van der Waals surface area (Å²) in [6.07, 6.45) is 3.87. The Labute approximate surface area is 90.2 Å². The lowest BCUT2D eigenvalue weighted by atomic mass is 10.2. The number of ether oxygens (including phenoxy) is 1. The van der Waals surface area contributed by atoms with Gasteiger partial charge in [0.15, 0.2) is 0 Å². The molecule has 0 spiro atoms. The minimum atomic E-state index is 0.192. The van der Waals surface area contributed by atoms with E-state index in [2.05, 4.69) is 23.8 Å². The third-order valence-electron chi connectivity index (χ3n) is 2.61. The summed E-state index contributed by atoms with van der Waals surface area (Å²) in [4.78, 5) is 8.91. The van der Waals surface area contributed by atoms with Gasteiger partial charge in [0, 0.05) is 6.20 Å². The molecule has 0 bridgehead atoms. The van der Waals surface area contributed by atoms with Crippen LogP contribution in [0.15, 0.2) is 23.3 Å². The van der Waals surface area contributed by atoms with E-state index in [4.69, 9.17) is 4.74 Å². The summed E-state index contributed by atoms with van der Waals surface area (Å²) in [5, 5.41) is 0. The Bertz CT molecular complexity index is 374. The van der Waals surface area contributed by atoms with Crippen molar-refractivity contribution in [3.05, 3.63) is 24.0 Å². The van der Waals surface area contributed by atoms with Gasteiger partial charge in [-0.2, -0.15) is 0 Å². The average molecular weight is 204 g/mol. The fourth-order valence-electron chi connectivity index (χ4n) is 1.70. The zero-order valence-corrected chi connectivity index (χ0v) is 9.23. The number of fused-ring (bicyclic) bond motifs is 1. The molecule has 15 heavy (non-hydrogen) atoms. The van der Waals surface area contributed by atoms with Crippen molar-refractivity contribution in [1.29, 1.82) is 0 Å². The Hall–Kier alpha value is -1.38. The van der Waals surface area contributed by atoms with Gasteiger partial charge in [-0.3, -0.25) is 9.98 Å². The summed E-state index contributed by atoms with van der Waals surface area (Å²) in [7, 11) is 0. The van der Waals surface area contributed by atoms with E-state index in [-0.39, 0.29) is 6.10 Å². The van der Waals surface area contributed by atoms with Gasteiger partial charge in [0.1, 0.15) is 17.5 Å². The summed E-state index contributed by atoms with van der Waals surface area (Å²) in [6.45, 7) is 4.97. The molecule has 0 fully saturated rings. The van der Waals surface area contributed by atoms with Crippen LogP contribution in [0.5, 0.6) is 5.75 Å². The molecular formula is C12H16N2O. The first-order valence-corrected chi connectivity index (χ1v) is 5.50. The molecule has 0 N–H and O–H groups in total. The maximum Gasteiger partial charge on any atom is 0.147 e. The molecule has 1 aliphatic rings. The summed E-state index contributed by atoms with van der Waals surface area (Å²) >= 11 is 0. The van der Waals surface area contributed by atoms with E-state index < -0.39 is 0 Å². The minimum absolute atomic E-state index is 0.192. The predicted octanol–water partition coefficient (Wildman–Crippen LogP) is 2.45. The molecule has 3 nitrogen and oxygen atoms in total. The first-order valence-electron chi connectivity index (χ1n) is 5.50. The van der Waals surface area contributed by atoms with Crippen LogP contribution in [0.4, 0.5) is 0 Å². The number of pyridine rings is 1. The highest BCUT2D eigenvalue weighted by molar-refractivity contribution is 6.01. The zero-order chi connectivity index (χ0) is 10.7. The van der Waals surface area contributed by atoms with Crippen LogP contribution in [0.3, 0.4) is 0 Å². The Morgan fingerprint density at radius 3 is 3.07 bits per heavy atom. The molecule has 1 aromatic heterocycles. The van der Waals surface area contributed by atoms with Gasteiger partial charge in [-0.05, 0) is 25.0 Å². The lowest BCUT2D eigenvalue weighted by Gasteiger charge is -2.13. The van der Waals surface area contributed by atoms with E-state index in [0.717, 1.165) is 36.5 Å². The standard InChI is InChI=1S/C12H16N2O/c1-3-9-8-14-10(4-2)12-11(15-9)6-5-7-13-12/h5-7,9H,3-4,8H2,1-2H3/t9-/m1/s1. The normalized spacial score (nSPS) is 19.9. The largest absolute Gasteiger partial charge is 0.486 e. The second-order valence-corrected chi connectivity index (χ2v) is 3.64. The van der Waals surface area contributed by atoms with Crippen molar-refractivity contribution in [1.82, 2.24) is 4.98 Å². The first-order chi connectivity index (χ1) is 7.35. The number of rotatable bonds is 2. The highest BCUT2D eigenvalue weighted by Gasteiger charge is 2.18. The van der Waals surface area contributed by atoms with Crippen molar-refractivity contribution in [3.8, 4) is 5.75 Å². The average Bonchev–Trinajstić information content (AvgIpc) is 2.47. The van der Waals surface area contributed by atoms with Gasteiger partial charge in [0.2, 0.25) is 0 Å². The summed E-state index contributed by atoms with van der Waals surface area (Å²) in [6, 6.07) is 3.88. The Morgan fingerprint density at radius 2 is 2.33 bits per heavy atom. The SMILES string of the molecule is CCC1=NC[C@@H](CC)Oc2cccnc21. The van der Waals surface area contributed by atoms with Gasteiger partial charge in [-0.1, -0.05) is 13.8 Å². The van der Waals surface area contributed by atoms with E-state index in [9.17, 15) is 0 Å². The smallest absolute Gasteiger partial charge is 0.147 e. The third-order valence-corrected chi connectivity index (χ3v) is 2.61. The van der Waals surface area contributed by atoms with E-state index >= 15 is 0 Å². The van der Waals surface area contributed by atoms with E-state index in [1.54, 1.807) is 6.20 Å².